The molecule has 0 aliphatic carbocycles. The maximum atomic E-state index is 12.4. The van der Waals surface area contributed by atoms with Crippen LogP contribution in [0.2, 0.25) is 0 Å². The quantitative estimate of drug-likeness (QED) is 0.483. The van der Waals surface area contributed by atoms with E-state index in [9.17, 15) is 4.79 Å². The van der Waals surface area contributed by atoms with Gasteiger partial charge in [0.25, 0.3) is 5.56 Å². The summed E-state index contributed by atoms with van der Waals surface area (Å²) in [4.78, 5) is 21.2. The van der Waals surface area contributed by atoms with Crippen LogP contribution >= 0.6 is 0 Å². The van der Waals surface area contributed by atoms with Crippen molar-refractivity contribution in [2.45, 2.75) is 26.5 Å². The molecule has 2 N–H and O–H groups in total. The van der Waals surface area contributed by atoms with E-state index in [1.807, 2.05) is 62.4 Å². The fraction of sp³-hybridized carbons (Fsp3) is 0.167. The topological polar surface area (TPSA) is 95.9 Å². The minimum Gasteiger partial charge on any atom is -0.488 e. The van der Waals surface area contributed by atoms with Gasteiger partial charge in [-0.1, -0.05) is 30.3 Å². The summed E-state index contributed by atoms with van der Waals surface area (Å²) in [7, 11) is 0. The fourth-order valence-corrected chi connectivity index (χ4v) is 3.19. The van der Waals surface area contributed by atoms with Crippen molar-refractivity contribution in [3.8, 4) is 28.4 Å². The number of hydrogen-bond acceptors (Lipinski definition) is 6. The Balaban J connectivity index is 1.59. The van der Waals surface area contributed by atoms with Crippen LogP contribution in [0.3, 0.4) is 0 Å². The molecule has 7 heteroatoms. The Morgan fingerprint density at radius 1 is 0.968 bits per heavy atom. The second-order valence-electron chi connectivity index (χ2n) is 7.45. The lowest BCUT2D eigenvalue weighted by Crippen LogP contribution is -2.22. The van der Waals surface area contributed by atoms with Crippen molar-refractivity contribution in [2.75, 3.05) is 5.73 Å². The Hall–Kier alpha value is -4.00. The van der Waals surface area contributed by atoms with Crippen molar-refractivity contribution < 1.29 is 4.74 Å². The second-order valence-corrected chi connectivity index (χ2v) is 7.45. The van der Waals surface area contributed by atoms with Gasteiger partial charge in [-0.2, -0.15) is 5.10 Å². The van der Waals surface area contributed by atoms with Crippen molar-refractivity contribution in [2.24, 2.45) is 0 Å². The Kier molecular flexibility index (Phi) is 5.75. The first-order valence-electron chi connectivity index (χ1n) is 10.00. The predicted octanol–water partition coefficient (Wildman–Crippen LogP) is 3.79. The SMILES string of the molecule is CC(C)Oc1cnc(-c2cccc(Cn3nc(-c4cccc(N)c4)ccc3=O)c2)nc1. The molecule has 0 aliphatic rings. The molecule has 0 radical (unpaired) electrons. The lowest BCUT2D eigenvalue weighted by Gasteiger charge is -2.10. The van der Waals surface area contributed by atoms with Crippen LogP contribution in [-0.2, 0) is 6.54 Å². The van der Waals surface area contributed by atoms with Crippen LogP contribution in [0.4, 0.5) is 5.69 Å². The summed E-state index contributed by atoms with van der Waals surface area (Å²) < 4.78 is 7.04. The third-order valence-corrected chi connectivity index (χ3v) is 4.57. The van der Waals surface area contributed by atoms with E-state index in [4.69, 9.17) is 10.5 Å². The zero-order valence-electron chi connectivity index (χ0n) is 17.4. The zero-order chi connectivity index (χ0) is 21.8. The molecule has 2 aromatic carbocycles. The molecule has 4 rings (SSSR count). The molecule has 0 saturated heterocycles. The van der Waals surface area contributed by atoms with Crippen LogP contribution in [0.5, 0.6) is 5.75 Å². The first kappa shape index (κ1) is 20.3. The molecule has 4 aromatic rings. The minimum atomic E-state index is -0.176. The third-order valence-electron chi connectivity index (χ3n) is 4.57. The van der Waals surface area contributed by atoms with Gasteiger partial charge in [-0.05, 0) is 43.7 Å². The molecule has 156 valence electrons. The molecule has 2 heterocycles. The van der Waals surface area contributed by atoms with E-state index in [1.165, 1.54) is 10.7 Å². The van der Waals surface area contributed by atoms with E-state index < -0.39 is 0 Å². The first-order chi connectivity index (χ1) is 15.0. The van der Waals surface area contributed by atoms with Crippen LogP contribution in [0.15, 0.2) is 77.9 Å². The largest absolute Gasteiger partial charge is 0.488 e. The van der Waals surface area contributed by atoms with Crippen molar-refractivity contribution in [3.05, 3.63) is 89.0 Å². The molecule has 31 heavy (non-hydrogen) atoms. The van der Waals surface area contributed by atoms with E-state index in [1.54, 1.807) is 18.5 Å². The standard InChI is InChI=1S/C24H23N5O2/c1-16(2)31-21-13-26-24(27-14-21)19-7-3-5-17(11-19)15-29-23(30)10-9-22(28-29)18-6-4-8-20(25)12-18/h3-14,16H,15,25H2,1-2H3. The predicted molar refractivity (Wildman–Crippen MR) is 121 cm³/mol. The highest BCUT2D eigenvalue weighted by Gasteiger charge is 2.08. The van der Waals surface area contributed by atoms with Crippen LogP contribution in [0.1, 0.15) is 19.4 Å². The Bertz CT molecular complexity index is 1250. The number of hydrogen-bond donors (Lipinski definition) is 1. The van der Waals surface area contributed by atoms with E-state index in [-0.39, 0.29) is 11.7 Å². The first-order valence-corrected chi connectivity index (χ1v) is 10.00. The molecule has 0 spiro atoms. The number of rotatable bonds is 6. The normalized spacial score (nSPS) is 10.9. The van der Waals surface area contributed by atoms with Gasteiger partial charge in [0, 0.05) is 22.9 Å². The van der Waals surface area contributed by atoms with Crippen molar-refractivity contribution in [1.29, 1.82) is 0 Å². The molecule has 0 saturated carbocycles. The van der Waals surface area contributed by atoms with Gasteiger partial charge in [-0.25, -0.2) is 14.6 Å². The molecule has 0 amide bonds. The molecule has 2 aromatic heterocycles. The molecule has 0 bridgehead atoms. The fourth-order valence-electron chi connectivity index (χ4n) is 3.19. The lowest BCUT2D eigenvalue weighted by atomic mass is 10.1. The second kappa shape index (κ2) is 8.79. The molecule has 0 atom stereocenters. The summed E-state index contributed by atoms with van der Waals surface area (Å²) in [6.07, 6.45) is 3.39. The number of aromatic nitrogens is 4. The van der Waals surface area contributed by atoms with E-state index in [0.29, 0.717) is 29.5 Å². The van der Waals surface area contributed by atoms with Gasteiger partial charge in [-0.3, -0.25) is 4.79 Å². The summed E-state index contributed by atoms with van der Waals surface area (Å²) >= 11 is 0. The van der Waals surface area contributed by atoms with Crippen LogP contribution in [0, 0.1) is 0 Å². The molecular weight excluding hydrogens is 390 g/mol. The Morgan fingerprint density at radius 3 is 2.45 bits per heavy atom. The third kappa shape index (κ3) is 4.95. The van der Waals surface area contributed by atoms with Crippen LogP contribution in [-0.4, -0.2) is 25.9 Å². The van der Waals surface area contributed by atoms with Gasteiger partial charge >= 0.3 is 0 Å². The van der Waals surface area contributed by atoms with Gasteiger partial charge in [-0.15, -0.1) is 0 Å². The van der Waals surface area contributed by atoms with E-state index in [2.05, 4.69) is 15.1 Å². The van der Waals surface area contributed by atoms with Gasteiger partial charge in [0.05, 0.1) is 30.7 Å². The Morgan fingerprint density at radius 2 is 1.71 bits per heavy atom. The zero-order valence-corrected chi connectivity index (χ0v) is 17.4. The van der Waals surface area contributed by atoms with E-state index >= 15 is 0 Å². The molecule has 0 unspecified atom stereocenters. The molecule has 0 fully saturated rings. The highest BCUT2D eigenvalue weighted by atomic mass is 16.5. The van der Waals surface area contributed by atoms with Gasteiger partial charge < -0.3 is 10.5 Å². The van der Waals surface area contributed by atoms with Crippen LogP contribution in [0.25, 0.3) is 22.6 Å². The van der Waals surface area contributed by atoms with Crippen LogP contribution < -0.4 is 16.0 Å². The number of nitrogens with zero attached hydrogens (tertiary/aromatic N) is 4. The highest BCUT2D eigenvalue weighted by Crippen LogP contribution is 2.20. The summed E-state index contributed by atoms with van der Waals surface area (Å²) in [5.74, 6) is 1.22. The van der Waals surface area contributed by atoms with Gasteiger partial charge in [0.1, 0.15) is 0 Å². The molecule has 0 aliphatic heterocycles. The average Bonchev–Trinajstić information content (AvgIpc) is 2.76. The van der Waals surface area contributed by atoms with Crippen molar-refractivity contribution in [1.82, 2.24) is 19.7 Å². The molecular formula is C24H23N5O2. The maximum absolute atomic E-state index is 12.4. The summed E-state index contributed by atoms with van der Waals surface area (Å²) in [6.45, 7) is 4.24. The average molecular weight is 413 g/mol. The summed E-state index contributed by atoms with van der Waals surface area (Å²) in [5.41, 5.74) is 9.67. The van der Waals surface area contributed by atoms with E-state index in [0.717, 1.165) is 16.7 Å². The Labute approximate surface area is 180 Å². The number of nitrogens with two attached hydrogens (primary N) is 1. The smallest absolute Gasteiger partial charge is 0.267 e. The summed E-state index contributed by atoms with van der Waals surface area (Å²) in [6, 6.07) is 18.4. The number of benzene rings is 2. The number of ether oxygens (including phenoxy) is 1. The summed E-state index contributed by atoms with van der Waals surface area (Å²) in [5, 5.41) is 4.52. The maximum Gasteiger partial charge on any atom is 0.267 e. The molecule has 7 nitrogen and oxygen atoms in total. The monoisotopic (exact) mass is 413 g/mol. The minimum absolute atomic E-state index is 0.0617. The van der Waals surface area contributed by atoms with Crippen molar-refractivity contribution >= 4 is 5.69 Å². The number of nitrogen functional groups attached to an aromatic ring is 1. The number of anilines is 1. The van der Waals surface area contributed by atoms with Crippen molar-refractivity contribution in [3.63, 3.8) is 0 Å². The van der Waals surface area contributed by atoms with Gasteiger partial charge in [0.15, 0.2) is 11.6 Å². The highest BCUT2D eigenvalue weighted by molar-refractivity contribution is 5.63. The van der Waals surface area contributed by atoms with Gasteiger partial charge in [0.2, 0.25) is 0 Å². The lowest BCUT2D eigenvalue weighted by molar-refractivity contribution is 0.240.